The second-order valence-electron chi connectivity index (χ2n) is 7.83. The van der Waals surface area contributed by atoms with E-state index in [1.54, 1.807) is 16.8 Å². The van der Waals surface area contributed by atoms with Crippen LogP contribution in [0, 0.1) is 6.92 Å². The van der Waals surface area contributed by atoms with Crippen molar-refractivity contribution in [1.82, 2.24) is 19.5 Å². The quantitative estimate of drug-likeness (QED) is 0.378. The molecule has 5 aromatic rings. The number of alkyl halides is 3. The summed E-state index contributed by atoms with van der Waals surface area (Å²) in [6.45, 7) is 2.23. The first-order valence-electron chi connectivity index (χ1n) is 10.1. The molecule has 0 spiro atoms. The van der Waals surface area contributed by atoms with E-state index in [1.165, 1.54) is 12.3 Å². The van der Waals surface area contributed by atoms with Crippen LogP contribution in [-0.4, -0.2) is 25.4 Å². The van der Waals surface area contributed by atoms with E-state index in [1.807, 2.05) is 37.3 Å². The lowest BCUT2D eigenvalue weighted by atomic mass is 10.1. The number of carbonyl (C=O) groups excluding carboxylic acids is 1. The Labute approximate surface area is 186 Å². The molecule has 4 aromatic heterocycles. The highest BCUT2D eigenvalue weighted by Crippen LogP contribution is 2.32. The number of benzene rings is 1. The minimum atomic E-state index is -4.53. The minimum absolute atomic E-state index is 0.201. The third kappa shape index (κ3) is 4.05. The highest BCUT2D eigenvalue weighted by Gasteiger charge is 2.32. The van der Waals surface area contributed by atoms with Crippen LogP contribution in [0.1, 0.15) is 27.2 Å². The molecule has 1 amide bonds. The van der Waals surface area contributed by atoms with E-state index in [9.17, 15) is 18.0 Å². The number of rotatable bonds is 4. The van der Waals surface area contributed by atoms with Crippen molar-refractivity contribution in [2.75, 3.05) is 5.32 Å². The summed E-state index contributed by atoms with van der Waals surface area (Å²) in [4.78, 5) is 24.5. The molecule has 0 aliphatic heterocycles. The van der Waals surface area contributed by atoms with Crippen LogP contribution in [-0.2, 0) is 12.7 Å². The Morgan fingerprint density at radius 3 is 2.70 bits per heavy atom. The van der Waals surface area contributed by atoms with Gasteiger partial charge in [-0.2, -0.15) is 13.2 Å². The first-order valence-corrected chi connectivity index (χ1v) is 10.1. The predicted molar refractivity (Wildman–Crippen MR) is 119 cm³/mol. The Balaban J connectivity index is 1.57. The zero-order valence-electron chi connectivity index (χ0n) is 17.4. The van der Waals surface area contributed by atoms with Gasteiger partial charge in [-0.15, -0.1) is 0 Å². The number of aromatic amines is 1. The number of aromatic nitrogens is 4. The Hall–Kier alpha value is -4.14. The number of amides is 1. The summed E-state index contributed by atoms with van der Waals surface area (Å²) in [5.41, 5.74) is 2.73. The van der Waals surface area contributed by atoms with E-state index in [2.05, 4.69) is 20.3 Å². The molecule has 0 atom stereocenters. The van der Waals surface area contributed by atoms with Gasteiger partial charge in [0.25, 0.3) is 5.91 Å². The van der Waals surface area contributed by atoms with E-state index < -0.39 is 17.6 Å². The molecule has 166 valence electrons. The lowest BCUT2D eigenvalue weighted by Crippen LogP contribution is -2.18. The molecule has 0 unspecified atom stereocenters. The number of carbonyl (C=O) groups is 1. The second-order valence-corrected chi connectivity index (χ2v) is 7.83. The highest BCUT2D eigenvalue weighted by atomic mass is 19.4. The molecule has 6 nitrogen and oxygen atoms in total. The van der Waals surface area contributed by atoms with Crippen LogP contribution in [0.5, 0.6) is 0 Å². The Kier molecular flexibility index (Phi) is 4.88. The lowest BCUT2D eigenvalue weighted by Gasteiger charge is -2.12. The number of fused-ring (bicyclic) bond motifs is 2. The van der Waals surface area contributed by atoms with Crippen LogP contribution >= 0.6 is 0 Å². The molecule has 5 rings (SSSR count). The van der Waals surface area contributed by atoms with Crippen molar-refractivity contribution in [3.8, 4) is 0 Å². The first kappa shape index (κ1) is 20.7. The molecule has 0 saturated heterocycles. The smallest absolute Gasteiger partial charge is 0.346 e. The maximum absolute atomic E-state index is 13.2. The van der Waals surface area contributed by atoms with Gasteiger partial charge in [0.15, 0.2) is 0 Å². The summed E-state index contributed by atoms with van der Waals surface area (Å²) in [5, 5.41) is 3.86. The van der Waals surface area contributed by atoms with Gasteiger partial charge in [0.1, 0.15) is 17.0 Å². The van der Waals surface area contributed by atoms with Gasteiger partial charge >= 0.3 is 6.18 Å². The van der Waals surface area contributed by atoms with Gasteiger partial charge in [0.05, 0.1) is 17.4 Å². The molecule has 1 aromatic carbocycles. The van der Waals surface area contributed by atoms with Crippen molar-refractivity contribution in [2.24, 2.45) is 0 Å². The van der Waals surface area contributed by atoms with Gasteiger partial charge < -0.3 is 14.9 Å². The van der Waals surface area contributed by atoms with Gasteiger partial charge in [0, 0.05) is 29.7 Å². The molecule has 0 aliphatic rings. The van der Waals surface area contributed by atoms with Crippen molar-refractivity contribution in [3.05, 3.63) is 89.5 Å². The van der Waals surface area contributed by atoms with Gasteiger partial charge in [-0.1, -0.05) is 29.8 Å². The maximum Gasteiger partial charge on any atom is 0.417 e. The van der Waals surface area contributed by atoms with E-state index in [0.717, 1.165) is 28.8 Å². The fraction of sp³-hybridized carbons (Fsp3) is 0.125. The van der Waals surface area contributed by atoms with E-state index >= 15 is 0 Å². The predicted octanol–water partition coefficient (Wildman–Crippen LogP) is 5.54. The number of H-pyrrole nitrogens is 1. The molecule has 0 aliphatic carbocycles. The molecular weight excluding hydrogens is 431 g/mol. The zero-order chi connectivity index (χ0) is 23.2. The standard InChI is InChI=1S/C24H18F3N5O/c1-14-3-2-4-15(7-14)13-32-20(10-17-8-18(24(25,26)27)11-30-22(17)32)23(33)31-19-9-16-5-6-28-21(16)29-12-19/h2-12H,13H2,1H3,(H,28,29)(H,31,33). The van der Waals surface area contributed by atoms with Crippen LogP contribution in [0.4, 0.5) is 18.9 Å². The van der Waals surface area contributed by atoms with Crippen molar-refractivity contribution >= 4 is 33.7 Å². The Morgan fingerprint density at radius 1 is 1.06 bits per heavy atom. The SMILES string of the molecule is Cc1cccc(Cn2c(C(=O)Nc3cnc4[nH]ccc4c3)cc3cc(C(F)(F)F)cnc32)c1. The fourth-order valence-electron chi connectivity index (χ4n) is 3.85. The number of anilines is 1. The summed E-state index contributed by atoms with van der Waals surface area (Å²) >= 11 is 0. The summed E-state index contributed by atoms with van der Waals surface area (Å²) in [7, 11) is 0. The fourth-order valence-corrected chi connectivity index (χ4v) is 3.85. The second kappa shape index (κ2) is 7.77. The first-order chi connectivity index (χ1) is 15.8. The number of hydrogen-bond donors (Lipinski definition) is 2. The van der Waals surface area contributed by atoms with E-state index in [0.29, 0.717) is 17.0 Å². The number of halogens is 3. The summed E-state index contributed by atoms with van der Waals surface area (Å²) in [5.74, 6) is -0.467. The number of pyridine rings is 2. The number of nitrogens with one attached hydrogen (secondary N) is 2. The van der Waals surface area contributed by atoms with Gasteiger partial charge in [-0.25, -0.2) is 9.97 Å². The van der Waals surface area contributed by atoms with Crippen molar-refractivity contribution in [2.45, 2.75) is 19.6 Å². The lowest BCUT2D eigenvalue weighted by molar-refractivity contribution is -0.137. The molecule has 4 heterocycles. The Morgan fingerprint density at radius 2 is 1.91 bits per heavy atom. The molecule has 33 heavy (non-hydrogen) atoms. The van der Waals surface area contributed by atoms with E-state index in [-0.39, 0.29) is 17.6 Å². The van der Waals surface area contributed by atoms with Crippen LogP contribution in [0.15, 0.2) is 67.1 Å². The van der Waals surface area contributed by atoms with Crippen molar-refractivity contribution < 1.29 is 18.0 Å². The van der Waals surface area contributed by atoms with Crippen LogP contribution < -0.4 is 5.32 Å². The van der Waals surface area contributed by atoms with Crippen LogP contribution in [0.3, 0.4) is 0 Å². The topological polar surface area (TPSA) is 75.6 Å². The molecule has 0 radical (unpaired) electrons. The monoisotopic (exact) mass is 449 g/mol. The van der Waals surface area contributed by atoms with Crippen LogP contribution in [0.25, 0.3) is 22.1 Å². The summed E-state index contributed by atoms with van der Waals surface area (Å²) in [6.07, 6.45) is -0.475. The molecule has 9 heteroatoms. The van der Waals surface area contributed by atoms with Crippen LogP contribution in [0.2, 0.25) is 0 Å². The number of hydrogen-bond acceptors (Lipinski definition) is 3. The summed E-state index contributed by atoms with van der Waals surface area (Å²) in [6, 6.07) is 13.7. The van der Waals surface area contributed by atoms with Crippen molar-refractivity contribution in [3.63, 3.8) is 0 Å². The molecule has 0 saturated carbocycles. The van der Waals surface area contributed by atoms with Crippen molar-refractivity contribution in [1.29, 1.82) is 0 Å². The Bertz CT molecular complexity index is 1500. The summed E-state index contributed by atoms with van der Waals surface area (Å²) < 4.78 is 41.3. The third-order valence-electron chi connectivity index (χ3n) is 5.37. The number of nitrogens with zero attached hydrogens (tertiary/aromatic N) is 3. The van der Waals surface area contributed by atoms with Gasteiger partial charge in [0.2, 0.25) is 0 Å². The van der Waals surface area contributed by atoms with E-state index in [4.69, 9.17) is 0 Å². The average molecular weight is 449 g/mol. The largest absolute Gasteiger partial charge is 0.417 e. The number of aryl methyl sites for hydroxylation is 1. The average Bonchev–Trinajstić information content (AvgIpc) is 3.37. The molecule has 2 N–H and O–H groups in total. The third-order valence-corrected chi connectivity index (χ3v) is 5.37. The normalized spacial score (nSPS) is 11.9. The van der Waals surface area contributed by atoms with Gasteiger partial charge in [-0.05, 0) is 36.8 Å². The zero-order valence-corrected chi connectivity index (χ0v) is 17.4. The molecule has 0 fully saturated rings. The van der Waals surface area contributed by atoms with Gasteiger partial charge in [-0.3, -0.25) is 4.79 Å². The molecular formula is C24H18F3N5O. The maximum atomic E-state index is 13.2. The highest BCUT2D eigenvalue weighted by molar-refractivity contribution is 6.06. The molecule has 0 bridgehead atoms. The minimum Gasteiger partial charge on any atom is -0.346 e.